The Morgan fingerprint density at radius 1 is 1.71 bits per heavy atom. The molecule has 92 valence electrons. The fourth-order valence-corrected chi connectivity index (χ4v) is 1.39. The van der Waals surface area contributed by atoms with Crippen LogP contribution in [0.4, 0.5) is 0 Å². The number of carbonyl (C=O) groups is 2. The number of hydrogen-bond acceptors (Lipinski definition) is 5. The maximum atomic E-state index is 11.2. The van der Waals surface area contributed by atoms with Crippen molar-refractivity contribution in [2.45, 2.75) is 19.0 Å². The van der Waals surface area contributed by atoms with Crippen LogP contribution in [0.25, 0.3) is 10.4 Å². The van der Waals surface area contributed by atoms with E-state index in [2.05, 4.69) is 20.1 Å². The molecule has 1 heterocycles. The van der Waals surface area contributed by atoms with Crippen LogP contribution in [0.2, 0.25) is 0 Å². The van der Waals surface area contributed by atoms with E-state index in [0.717, 1.165) is 0 Å². The van der Waals surface area contributed by atoms with E-state index >= 15 is 0 Å². The minimum Gasteiger partial charge on any atom is -0.485 e. The fourth-order valence-electron chi connectivity index (χ4n) is 1.39. The van der Waals surface area contributed by atoms with Crippen molar-refractivity contribution in [1.29, 1.82) is 0 Å². The third-order valence-corrected chi connectivity index (χ3v) is 2.11. The highest BCUT2D eigenvalue weighted by atomic mass is 16.6. The van der Waals surface area contributed by atoms with E-state index in [1.54, 1.807) is 0 Å². The van der Waals surface area contributed by atoms with Gasteiger partial charge in [0, 0.05) is 11.8 Å². The van der Waals surface area contributed by atoms with Gasteiger partial charge in [-0.1, -0.05) is 5.11 Å². The summed E-state index contributed by atoms with van der Waals surface area (Å²) in [6.07, 6.45) is 1.33. The van der Waals surface area contributed by atoms with Gasteiger partial charge in [-0.15, -0.1) is 0 Å². The molecule has 0 aromatic carbocycles. The first kappa shape index (κ1) is 12.9. The van der Waals surface area contributed by atoms with E-state index in [4.69, 9.17) is 10.3 Å². The Morgan fingerprint density at radius 2 is 2.41 bits per heavy atom. The number of azide groups is 1. The average molecular weight is 240 g/mol. The van der Waals surface area contributed by atoms with Crippen molar-refractivity contribution in [3.63, 3.8) is 0 Å². The molecular weight excluding hydrogens is 228 g/mol. The molecule has 0 fully saturated rings. The highest BCUT2D eigenvalue weighted by Gasteiger charge is 2.28. The summed E-state index contributed by atoms with van der Waals surface area (Å²) in [5, 5.41) is 6.06. The van der Waals surface area contributed by atoms with E-state index in [-0.39, 0.29) is 18.3 Å². The van der Waals surface area contributed by atoms with Crippen LogP contribution in [-0.4, -0.2) is 37.7 Å². The van der Waals surface area contributed by atoms with Crippen LogP contribution >= 0.6 is 0 Å². The van der Waals surface area contributed by atoms with Gasteiger partial charge in [-0.25, -0.2) is 4.79 Å². The normalized spacial score (nSPS) is 22.6. The highest BCUT2D eigenvalue weighted by molar-refractivity contribution is 5.86. The van der Waals surface area contributed by atoms with Crippen molar-refractivity contribution in [1.82, 2.24) is 5.32 Å². The Balaban J connectivity index is 2.88. The number of ether oxygens (including phenoxy) is 2. The summed E-state index contributed by atoms with van der Waals surface area (Å²) >= 11 is 0. The van der Waals surface area contributed by atoms with Crippen LogP contribution < -0.4 is 5.32 Å². The second kappa shape index (κ2) is 5.76. The third kappa shape index (κ3) is 3.39. The van der Waals surface area contributed by atoms with Crippen molar-refractivity contribution in [2.75, 3.05) is 13.7 Å². The molecule has 0 bridgehead atoms. The molecule has 0 radical (unpaired) electrons. The quantitative estimate of drug-likeness (QED) is 0.329. The van der Waals surface area contributed by atoms with E-state index in [9.17, 15) is 9.59 Å². The van der Waals surface area contributed by atoms with Crippen LogP contribution in [0.15, 0.2) is 16.9 Å². The minimum atomic E-state index is -0.674. The second-order valence-corrected chi connectivity index (χ2v) is 3.34. The molecule has 0 spiro atoms. The van der Waals surface area contributed by atoms with E-state index < -0.39 is 18.1 Å². The number of methoxy groups -OCH3 is 1. The topological polar surface area (TPSA) is 113 Å². The zero-order valence-electron chi connectivity index (χ0n) is 9.41. The number of rotatable bonds is 3. The zero-order chi connectivity index (χ0) is 12.8. The zero-order valence-corrected chi connectivity index (χ0v) is 9.41. The van der Waals surface area contributed by atoms with Crippen molar-refractivity contribution >= 4 is 11.9 Å². The predicted octanol–water partition coefficient (Wildman–Crippen LogP) is 0.257. The molecule has 1 amide bonds. The van der Waals surface area contributed by atoms with Gasteiger partial charge in [0.25, 0.3) is 0 Å². The molecule has 1 aliphatic rings. The molecule has 8 heteroatoms. The van der Waals surface area contributed by atoms with E-state index in [1.807, 2.05) is 0 Å². The van der Waals surface area contributed by atoms with Gasteiger partial charge in [-0.05, 0) is 11.6 Å². The lowest BCUT2D eigenvalue weighted by Crippen LogP contribution is -2.46. The summed E-state index contributed by atoms with van der Waals surface area (Å²) in [5.74, 6) is -0.942. The summed E-state index contributed by atoms with van der Waals surface area (Å²) in [6, 6.07) is -1.16. The van der Waals surface area contributed by atoms with Crippen LogP contribution in [0, 0.1) is 0 Å². The summed E-state index contributed by atoms with van der Waals surface area (Å²) in [6.45, 7) is 1.39. The van der Waals surface area contributed by atoms with Gasteiger partial charge in [0.2, 0.25) is 11.7 Å². The molecule has 1 N–H and O–H groups in total. The number of nitrogens with one attached hydrogen (secondary N) is 1. The summed E-state index contributed by atoms with van der Waals surface area (Å²) in [4.78, 5) is 24.8. The average Bonchev–Trinajstić information content (AvgIpc) is 2.30. The lowest BCUT2D eigenvalue weighted by Gasteiger charge is -2.27. The standard InChI is InChI=1S/C9H12N4O4/c1-5(14)11-7-4-17-8(9(15)16-2)3-6(7)12-13-10/h3,6-7H,4H2,1-2H3,(H,11,14)/t6-,7-/m0/s1. The lowest BCUT2D eigenvalue weighted by molar-refractivity contribution is -0.140. The molecule has 8 nitrogen and oxygen atoms in total. The van der Waals surface area contributed by atoms with Crippen molar-refractivity contribution < 1.29 is 19.1 Å². The number of hydrogen-bond donors (Lipinski definition) is 1. The van der Waals surface area contributed by atoms with Gasteiger partial charge in [0.05, 0.1) is 19.2 Å². The maximum Gasteiger partial charge on any atom is 0.372 e. The molecule has 0 unspecified atom stereocenters. The molecule has 0 aliphatic carbocycles. The Labute approximate surface area is 97.2 Å². The molecule has 0 aromatic heterocycles. The molecule has 0 aromatic rings. The van der Waals surface area contributed by atoms with Crippen LogP contribution in [0.5, 0.6) is 0 Å². The summed E-state index contributed by atoms with van der Waals surface area (Å²) in [5.41, 5.74) is 8.41. The first-order chi connectivity index (χ1) is 8.08. The van der Waals surface area contributed by atoms with Crippen LogP contribution in [-0.2, 0) is 19.1 Å². The monoisotopic (exact) mass is 240 g/mol. The number of nitrogens with zero attached hydrogens (tertiary/aromatic N) is 3. The van der Waals surface area contributed by atoms with Gasteiger partial charge < -0.3 is 14.8 Å². The van der Waals surface area contributed by atoms with E-state index in [1.165, 1.54) is 20.1 Å². The molecule has 0 saturated carbocycles. The molecule has 17 heavy (non-hydrogen) atoms. The lowest BCUT2D eigenvalue weighted by atomic mass is 10.1. The smallest absolute Gasteiger partial charge is 0.372 e. The maximum absolute atomic E-state index is 11.2. The summed E-state index contributed by atoms with van der Waals surface area (Å²) < 4.78 is 9.59. The molecule has 2 atom stereocenters. The van der Waals surface area contributed by atoms with Gasteiger partial charge in [-0.3, -0.25) is 4.79 Å². The van der Waals surface area contributed by atoms with Crippen molar-refractivity contribution in [2.24, 2.45) is 5.11 Å². The highest BCUT2D eigenvalue weighted by Crippen LogP contribution is 2.15. The first-order valence-electron chi connectivity index (χ1n) is 4.82. The van der Waals surface area contributed by atoms with Crippen LogP contribution in [0.1, 0.15) is 6.92 Å². The second-order valence-electron chi connectivity index (χ2n) is 3.34. The molecule has 0 saturated heterocycles. The van der Waals surface area contributed by atoms with E-state index in [0.29, 0.717) is 0 Å². The molecule has 1 aliphatic heterocycles. The Kier molecular flexibility index (Phi) is 4.36. The largest absolute Gasteiger partial charge is 0.485 e. The minimum absolute atomic E-state index is 0.0218. The van der Waals surface area contributed by atoms with Crippen molar-refractivity contribution in [3.05, 3.63) is 22.3 Å². The van der Waals surface area contributed by atoms with Crippen molar-refractivity contribution in [3.8, 4) is 0 Å². The Bertz CT molecular complexity index is 400. The Morgan fingerprint density at radius 3 is 2.94 bits per heavy atom. The first-order valence-corrected chi connectivity index (χ1v) is 4.82. The number of esters is 1. The third-order valence-electron chi connectivity index (χ3n) is 2.11. The SMILES string of the molecule is COC(=O)C1=C[C@H](N=[N+]=[N-])[C@@H](NC(C)=O)CO1. The summed E-state index contributed by atoms with van der Waals surface area (Å²) in [7, 11) is 1.22. The van der Waals surface area contributed by atoms with Gasteiger partial charge >= 0.3 is 5.97 Å². The van der Waals surface area contributed by atoms with Gasteiger partial charge in [0.1, 0.15) is 6.61 Å². The molecule has 1 rings (SSSR count). The number of amides is 1. The van der Waals surface area contributed by atoms with Crippen LogP contribution in [0.3, 0.4) is 0 Å². The van der Waals surface area contributed by atoms with Gasteiger partial charge in [-0.2, -0.15) is 0 Å². The molecular formula is C9H12N4O4. The van der Waals surface area contributed by atoms with Gasteiger partial charge in [0.15, 0.2) is 0 Å². The fraction of sp³-hybridized carbons (Fsp3) is 0.556. The predicted molar refractivity (Wildman–Crippen MR) is 56.6 cm³/mol. The Hall–Kier alpha value is -2.21. The number of carbonyl (C=O) groups excluding carboxylic acids is 2.